The van der Waals surface area contributed by atoms with Crippen molar-refractivity contribution in [2.24, 2.45) is 0 Å². The first kappa shape index (κ1) is 21.9. The quantitative estimate of drug-likeness (QED) is 0.376. The van der Waals surface area contributed by atoms with Gasteiger partial charge in [-0.05, 0) is 23.6 Å². The van der Waals surface area contributed by atoms with Crippen LogP contribution in [0.1, 0.15) is 23.6 Å². The van der Waals surface area contributed by atoms with Gasteiger partial charge in [-0.1, -0.05) is 103 Å². The number of aliphatic hydroxyl groups excluding tert-OH is 3. The average molecular weight is 405 g/mol. The van der Waals surface area contributed by atoms with Crippen LogP contribution in [0.4, 0.5) is 0 Å². The fourth-order valence-corrected chi connectivity index (χ4v) is 3.66. The lowest BCUT2D eigenvalue weighted by atomic mass is 9.79. The molecule has 0 saturated carbocycles. The molecule has 0 aliphatic rings. The van der Waals surface area contributed by atoms with Crippen LogP contribution in [0.5, 0.6) is 0 Å². The molecular weight excluding hydrogens is 376 g/mol. The van der Waals surface area contributed by atoms with Crippen LogP contribution in [0.2, 0.25) is 0 Å². The summed E-state index contributed by atoms with van der Waals surface area (Å²) in [5, 5.41) is 30.0. The highest BCUT2D eigenvalue weighted by Gasteiger charge is 2.40. The molecule has 0 fully saturated rings. The monoisotopic (exact) mass is 404 g/mol. The first-order valence-corrected chi connectivity index (χ1v) is 10.1. The number of rotatable bonds is 9. The molecule has 4 nitrogen and oxygen atoms in total. The Morgan fingerprint density at radius 2 is 1.17 bits per heavy atom. The maximum Gasteiger partial charge on any atom is 0.144 e. The Morgan fingerprint density at radius 3 is 1.53 bits per heavy atom. The molecule has 3 N–H and O–H groups in total. The summed E-state index contributed by atoms with van der Waals surface area (Å²) in [6, 6.07) is 29.6. The summed E-state index contributed by atoms with van der Waals surface area (Å²) in [7, 11) is 0. The first-order chi connectivity index (χ1) is 14.6. The third kappa shape index (κ3) is 4.69. The fraction of sp³-hybridized carbons (Fsp3) is 0.231. The van der Waals surface area contributed by atoms with Gasteiger partial charge in [-0.3, -0.25) is 0 Å². The summed E-state index contributed by atoms with van der Waals surface area (Å²) < 4.78 is 6.65. The average Bonchev–Trinajstić information content (AvgIpc) is 2.82. The maximum atomic E-state index is 10.7. The van der Waals surface area contributed by atoms with Gasteiger partial charge in [-0.25, -0.2) is 0 Å². The molecule has 0 heterocycles. The lowest BCUT2D eigenvalue weighted by Gasteiger charge is -2.39. The molecule has 156 valence electrons. The van der Waals surface area contributed by atoms with Crippen LogP contribution in [0, 0.1) is 0 Å². The smallest absolute Gasteiger partial charge is 0.144 e. The molecule has 3 rings (SSSR count). The lowest BCUT2D eigenvalue weighted by Crippen LogP contribution is -2.43. The van der Waals surface area contributed by atoms with Crippen LogP contribution in [0.25, 0.3) is 0 Å². The van der Waals surface area contributed by atoms with Crippen molar-refractivity contribution in [3.8, 4) is 0 Å². The number of ether oxygens (including phenoxy) is 1. The largest absolute Gasteiger partial charge is 0.392 e. The molecule has 4 heteroatoms. The molecule has 3 atom stereocenters. The van der Waals surface area contributed by atoms with E-state index >= 15 is 0 Å². The van der Waals surface area contributed by atoms with Gasteiger partial charge in [0.05, 0.1) is 12.7 Å². The minimum atomic E-state index is -1.18. The van der Waals surface area contributed by atoms with E-state index in [0.717, 1.165) is 16.7 Å². The van der Waals surface area contributed by atoms with Gasteiger partial charge in [0.1, 0.15) is 17.8 Å². The van der Waals surface area contributed by atoms with E-state index < -0.39 is 23.9 Å². The number of benzene rings is 3. The molecule has 0 saturated heterocycles. The molecule has 0 aromatic heterocycles. The fourth-order valence-electron chi connectivity index (χ4n) is 3.66. The predicted octanol–water partition coefficient (Wildman–Crippen LogP) is 3.65. The predicted molar refractivity (Wildman–Crippen MR) is 118 cm³/mol. The standard InChI is InChI=1S/C26H28O4/c1-20(25(29)24(28)18-11-19-27)30-26(21-12-5-2-6-13-21,22-14-7-3-8-15-22)23-16-9-4-10-17-23/h2-18,20,24-25,27-29H,19H2,1H3. The van der Waals surface area contributed by atoms with Gasteiger partial charge >= 0.3 is 0 Å². The van der Waals surface area contributed by atoms with E-state index in [2.05, 4.69) is 0 Å². The van der Waals surface area contributed by atoms with Crippen molar-refractivity contribution in [2.75, 3.05) is 6.61 Å². The molecular formula is C26H28O4. The van der Waals surface area contributed by atoms with Gasteiger partial charge in [-0.15, -0.1) is 0 Å². The van der Waals surface area contributed by atoms with Crippen LogP contribution in [-0.2, 0) is 10.3 Å². The second-order valence-corrected chi connectivity index (χ2v) is 7.19. The van der Waals surface area contributed by atoms with Crippen molar-refractivity contribution < 1.29 is 20.1 Å². The molecule has 0 aliphatic carbocycles. The van der Waals surface area contributed by atoms with Crippen molar-refractivity contribution in [1.29, 1.82) is 0 Å². The van der Waals surface area contributed by atoms with Gasteiger partial charge < -0.3 is 20.1 Å². The van der Waals surface area contributed by atoms with Crippen LogP contribution >= 0.6 is 0 Å². The summed E-state index contributed by atoms with van der Waals surface area (Å²) in [5.74, 6) is 0. The zero-order chi connectivity index (χ0) is 21.4. The zero-order valence-corrected chi connectivity index (χ0v) is 17.0. The van der Waals surface area contributed by atoms with E-state index in [9.17, 15) is 10.2 Å². The number of aliphatic hydroxyl groups is 3. The topological polar surface area (TPSA) is 69.9 Å². The molecule has 30 heavy (non-hydrogen) atoms. The summed E-state index contributed by atoms with van der Waals surface area (Å²) in [6.07, 6.45) is -0.279. The summed E-state index contributed by atoms with van der Waals surface area (Å²) in [5.41, 5.74) is 1.77. The number of hydrogen-bond donors (Lipinski definition) is 3. The van der Waals surface area contributed by atoms with Crippen molar-refractivity contribution in [3.05, 3.63) is 120 Å². The third-order valence-electron chi connectivity index (χ3n) is 5.17. The SMILES string of the molecule is CC(OC(c1ccccc1)(c1ccccc1)c1ccccc1)C(O)C(O)C=CCO. The molecule has 0 spiro atoms. The molecule has 0 radical (unpaired) electrons. The van der Waals surface area contributed by atoms with E-state index in [0.29, 0.717) is 0 Å². The summed E-state index contributed by atoms with van der Waals surface area (Å²) in [6.45, 7) is 1.53. The molecule has 3 unspecified atom stereocenters. The van der Waals surface area contributed by atoms with E-state index in [1.165, 1.54) is 12.2 Å². The highest BCUT2D eigenvalue weighted by atomic mass is 16.5. The van der Waals surface area contributed by atoms with Crippen LogP contribution in [0.15, 0.2) is 103 Å². The highest BCUT2D eigenvalue weighted by Crippen LogP contribution is 2.41. The van der Waals surface area contributed by atoms with Crippen molar-refractivity contribution in [1.82, 2.24) is 0 Å². The Bertz CT molecular complexity index is 813. The van der Waals surface area contributed by atoms with E-state index in [1.807, 2.05) is 91.0 Å². The van der Waals surface area contributed by atoms with Gasteiger partial charge in [0.15, 0.2) is 0 Å². The molecule has 3 aromatic carbocycles. The summed E-state index contributed by atoms with van der Waals surface area (Å²) in [4.78, 5) is 0. The van der Waals surface area contributed by atoms with Crippen LogP contribution in [0.3, 0.4) is 0 Å². The van der Waals surface area contributed by atoms with E-state index in [1.54, 1.807) is 6.92 Å². The van der Waals surface area contributed by atoms with Crippen LogP contribution < -0.4 is 0 Å². The number of hydrogen-bond acceptors (Lipinski definition) is 4. The molecule has 3 aromatic rings. The Labute approximate surface area is 177 Å². The van der Waals surface area contributed by atoms with Crippen molar-refractivity contribution in [2.45, 2.75) is 30.8 Å². The maximum absolute atomic E-state index is 10.7. The Kier molecular flexibility index (Phi) is 7.55. The Hall–Kier alpha value is -2.76. The second-order valence-electron chi connectivity index (χ2n) is 7.19. The van der Waals surface area contributed by atoms with Gasteiger partial charge in [0, 0.05) is 0 Å². The molecule has 0 aliphatic heterocycles. The first-order valence-electron chi connectivity index (χ1n) is 10.1. The van der Waals surface area contributed by atoms with Gasteiger partial charge in [-0.2, -0.15) is 0 Å². The minimum absolute atomic E-state index is 0.207. The van der Waals surface area contributed by atoms with Crippen molar-refractivity contribution >= 4 is 0 Å². The Balaban J connectivity index is 2.13. The lowest BCUT2D eigenvalue weighted by molar-refractivity contribution is -0.117. The van der Waals surface area contributed by atoms with E-state index in [4.69, 9.17) is 9.84 Å². The normalized spacial score (nSPS) is 15.1. The van der Waals surface area contributed by atoms with Gasteiger partial charge in [0.2, 0.25) is 0 Å². The Morgan fingerprint density at radius 1 is 0.767 bits per heavy atom. The minimum Gasteiger partial charge on any atom is -0.392 e. The second kappa shape index (κ2) is 10.3. The summed E-state index contributed by atoms with van der Waals surface area (Å²) >= 11 is 0. The highest BCUT2D eigenvalue weighted by molar-refractivity contribution is 5.47. The van der Waals surface area contributed by atoms with Crippen LogP contribution in [-0.4, -0.2) is 40.2 Å². The molecule has 0 bridgehead atoms. The zero-order valence-electron chi connectivity index (χ0n) is 17.0. The van der Waals surface area contributed by atoms with E-state index in [-0.39, 0.29) is 6.61 Å². The van der Waals surface area contributed by atoms with Crippen molar-refractivity contribution in [3.63, 3.8) is 0 Å². The van der Waals surface area contributed by atoms with Gasteiger partial charge in [0.25, 0.3) is 0 Å². The molecule has 0 amide bonds. The third-order valence-corrected chi connectivity index (χ3v) is 5.17.